The molecule has 3 aromatic rings. The molecule has 1 fully saturated rings. The average Bonchev–Trinajstić information content (AvgIpc) is 3.42. The van der Waals surface area contributed by atoms with Crippen molar-refractivity contribution in [1.29, 1.82) is 0 Å². The highest BCUT2D eigenvalue weighted by Gasteiger charge is 2.21. The van der Waals surface area contributed by atoms with Gasteiger partial charge in [-0.05, 0) is 49.2 Å². The van der Waals surface area contributed by atoms with E-state index in [1.807, 2.05) is 48.5 Å². The Bertz CT molecular complexity index is 921. The van der Waals surface area contributed by atoms with E-state index in [-0.39, 0.29) is 6.10 Å². The SMILES string of the molecule is COc1ccc(-n2c(SCC3CCCO3)nnc2-c2ccccc2OC)cc1. The Kier molecular flexibility index (Phi) is 5.83. The second-order valence-electron chi connectivity index (χ2n) is 6.49. The van der Waals surface area contributed by atoms with Crippen LogP contribution in [0.2, 0.25) is 0 Å². The maximum absolute atomic E-state index is 5.76. The van der Waals surface area contributed by atoms with E-state index >= 15 is 0 Å². The van der Waals surface area contributed by atoms with Crippen molar-refractivity contribution >= 4 is 11.8 Å². The van der Waals surface area contributed by atoms with Gasteiger partial charge in [0.2, 0.25) is 0 Å². The van der Waals surface area contributed by atoms with Crippen molar-refractivity contribution in [2.45, 2.75) is 24.1 Å². The van der Waals surface area contributed by atoms with Crippen LogP contribution in [0.25, 0.3) is 17.1 Å². The van der Waals surface area contributed by atoms with Crippen molar-refractivity contribution in [1.82, 2.24) is 14.8 Å². The molecule has 2 aromatic carbocycles. The lowest BCUT2D eigenvalue weighted by Gasteiger charge is -2.14. The summed E-state index contributed by atoms with van der Waals surface area (Å²) >= 11 is 1.67. The van der Waals surface area contributed by atoms with Crippen LogP contribution in [0.5, 0.6) is 11.5 Å². The molecular weight excluding hydrogens is 374 g/mol. The molecule has 146 valence electrons. The Hall–Kier alpha value is -2.51. The molecule has 28 heavy (non-hydrogen) atoms. The van der Waals surface area contributed by atoms with Crippen LogP contribution in [-0.2, 0) is 4.74 Å². The minimum atomic E-state index is 0.278. The first-order valence-corrected chi connectivity index (χ1v) is 10.3. The van der Waals surface area contributed by atoms with Crippen LogP contribution >= 0.6 is 11.8 Å². The molecule has 6 nitrogen and oxygen atoms in total. The van der Waals surface area contributed by atoms with Gasteiger partial charge in [0.1, 0.15) is 11.5 Å². The van der Waals surface area contributed by atoms with Gasteiger partial charge in [0.05, 0.1) is 31.6 Å². The summed E-state index contributed by atoms with van der Waals surface area (Å²) in [4.78, 5) is 0. The molecule has 1 aromatic heterocycles. The van der Waals surface area contributed by atoms with E-state index in [2.05, 4.69) is 14.8 Å². The Morgan fingerprint density at radius 2 is 1.89 bits per heavy atom. The quantitative estimate of drug-likeness (QED) is 0.556. The number of ether oxygens (including phenoxy) is 3. The lowest BCUT2D eigenvalue weighted by atomic mass is 10.2. The van der Waals surface area contributed by atoms with Crippen molar-refractivity contribution in [2.75, 3.05) is 26.6 Å². The molecule has 0 saturated carbocycles. The molecule has 1 atom stereocenters. The van der Waals surface area contributed by atoms with E-state index in [4.69, 9.17) is 14.2 Å². The lowest BCUT2D eigenvalue weighted by molar-refractivity contribution is 0.129. The maximum atomic E-state index is 5.76. The molecule has 1 saturated heterocycles. The zero-order valence-corrected chi connectivity index (χ0v) is 16.8. The third-order valence-electron chi connectivity index (χ3n) is 4.73. The van der Waals surface area contributed by atoms with E-state index in [0.717, 1.165) is 58.9 Å². The summed E-state index contributed by atoms with van der Waals surface area (Å²) in [6.07, 6.45) is 2.51. The standard InChI is InChI=1S/C21H23N3O3S/c1-25-16-11-9-15(10-12-16)24-20(18-7-3-4-8-19(18)26-2)22-23-21(24)28-14-17-6-5-13-27-17/h3-4,7-12,17H,5-6,13-14H2,1-2H3. The highest BCUT2D eigenvalue weighted by molar-refractivity contribution is 7.99. The molecule has 0 N–H and O–H groups in total. The molecule has 0 bridgehead atoms. The van der Waals surface area contributed by atoms with Crippen molar-refractivity contribution in [2.24, 2.45) is 0 Å². The Morgan fingerprint density at radius 1 is 1.07 bits per heavy atom. The van der Waals surface area contributed by atoms with Crippen LogP contribution < -0.4 is 9.47 Å². The van der Waals surface area contributed by atoms with Gasteiger partial charge in [0.15, 0.2) is 11.0 Å². The van der Waals surface area contributed by atoms with E-state index in [1.54, 1.807) is 26.0 Å². The normalized spacial score (nSPS) is 16.3. The fourth-order valence-corrected chi connectivity index (χ4v) is 4.29. The third kappa shape index (κ3) is 3.86. The number of benzene rings is 2. The molecule has 0 amide bonds. The molecule has 1 unspecified atom stereocenters. The van der Waals surface area contributed by atoms with Crippen LogP contribution in [0.3, 0.4) is 0 Å². The fraction of sp³-hybridized carbons (Fsp3) is 0.333. The highest BCUT2D eigenvalue weighted by atomic mass is 32.2. The molecule has 0 aliphatic carbocycles. The van der Waals surface area contributed by atoms with Crippen LogP contribution in [-0.4, -0.2) is 47.4 Å². The summed E-state index contributed by atoms with van der Waals surface area (Å²) in [5.74, 6) is 3.18. The van der Waals surface area contributed by atoms with E-state index < -0.39 is 0 Å². The van der Waals surface area contributed by atoms with Gasteiger partial charge >= 0.3 is 0 Å². The molecule has 7 heteroatoms. The molecule has 1 aliphatic heterocycles. The van der Waals surface area contributed by atoms with Gasteiger partial charge in [-0.25, -0.2) is 0 Å². The van der Waals surface area contributed by atoms with Crippen LogP contribution in [0.4, 0.5) is 0 Å². The van der Waals surface area contributed by atoms with Gasteiger partial charge in [0, 0.05) is 12.4 Å². The van der Waals surface area contributed by atoms with Gasteiger partial charge in [-0.1, -0.05) is 23.9 Å². The second-order valence-corrected chi connectivity index (χ2v) is 7.47. The number of rotatable bonds is 7. The molecule has 0 radical (unpaired) electrons. The smallest absolute Gasteiger partial charge is 0.196 e. The van der Waals surface area contributed by atoms with Gasteiger partial charge in [-0.3, -0.25) is 4.57 Å². The van der Waals surface area contributed by atoms with Crippen LogP contribution in [0.15, 0.2) is 53.7 Å². The van der Waals surface area contributed by atoms with Crippen molar-refractivity contribution in [3.8, 4) is 28.6 Å². The fourth-order valence-electron chi connectivity index (χ4n) is 3.27. The predicted molar refractivity (Wildman–Crippen MR) is 110 cm³/mol. The summed E-state index contributed by atoms with van der Waals surface area (Å²) in [5, 5.41) is 9.82. The molecule has 0 spiro atoms. The van der Waals surface area contributed by atoms with Gasteiger partial charge < -0.3 is 14.2 Å². The summed E-state index contributed by atoms with van der Waals surface area (Å²) < 4.78 is 18.7. The number of nitrogens with zero attached hydrogens (tertiary/aromatic N) is 3. The topological polar surface area (TPSA) is 58.4 Å². The molecule has 1 aliphatic rings. The zero-order chi connectivity index (χ0) is 19.3. The Morgan fingerprint density at radius 3 is 2.61 bits per heavy atom. The number of aromatic nitrogens is 3. The first-order chi connectivity index (χ1) is 13.8. The van der Waals surface area contributed by atoms with Gasteiger partial charge in [-0.2, -0.15) is 0 Å². The van der Waals surface area contributed by atoms with Crippen LogP contribution in [0.1, 0.15) is 12.8 Å². The number of para-hydroxylation sites is 1. The largest absolute Gasteiger partial charge is 0.497 e. The zero-order valence-electron chi connectivity index (χ0n) is 16.0. The molecule has 4 rings (SSSR count). The van der Waals surface area contributed by atoms with E-state index in [9.17, 15) is 0 Å². The minimum Gasteiger partial charge on any atom is -0.497 e. The van der Waals surface area contributed by atoms with Crippen molar-refractivity contribution < 1.29 is 14.2 Å². The summed E-state index contributed by atoms with van der Waals surface area (Å²) in [6.45, 7) is 0.850. The van der Waals surface area contributed by atoms with E-state index in [1.165, 1.54) is 0 Å². The van der Waals surface area contributed by atoms with Gasteiger partial charge in [0.25, 0.3) is 0 Å². The number of hydrogen-bond donors (Lipinski definition) is 0. The number of methoxy groups -OCH3 is 2. The van der Waals surface area contributed by atoms with Gasteiger partial charge in [-0.15, -0.1) is 10.2 Å². The predicted octanol–water partition coefficient (Wildman–Crippen LogP) is 4.22. The first-order valence-electron chi connectivity index (χ1n) is 9.28. The Balaban J connectivity index is 1.74. The minimum absolute atomic E-state index is 0.278. The summed E-state index contributed by atoms with van der Waals surface area (Å²) in [6, 6.07) is 15.8. The molecular formula is C21H23N3O3S. The molecule has 2 heterocycles. The van der Waals surface area contributed by atoms with Crippen LogP contribution in [0, 0.1) is 0 Å². The lowest BCUT2D eigenvalue weighted by Crippen LogP contribution is -2.09. The summed E-state index contributed by atoms with van der Waals surface area (Å²) in [5.41, 5.74) is 1.87. The average molecular weight is 398 g/mol. The number of hydrogen-bond acceptors (Lipinski definition) is 6. The Labute approximate surface area is 168 Å². The maximum Gasteiger partial charge on any atom is 0.196 e. The third-order valence-corrected chi connectivity index (χ3v) is 5.80. The monoisotopic (exact) mass is 397 g/mol. The van der Waals surface area contributed by atoms with Crippen molar-refractivity contribution in [3.63, 3.8) is 0 Å². The highest BCUT2D eigenvalue weighted by Crippen LogP contribution is 2.34. The van der Waals surface area contributed by atoms with E-state index in [0.29, 0.717) is 0 Å². The second kappa shape index (κ2) is 8.67. The number of thioether (sulfide) groups is 1. The summed E-state index contributed by atoms with van der Waals surface area (Å²) in [7, 11) is 3.33. The van der Waals surface area contributed by atoms with Crippen molar-refractivity contribution in [3.05, 3.63) is 48.5 Å². The first kappa shape index (κ1) is 18.8.